The molecule has 0 spiro atoms. The van der Waals surface area contributed by atoms with Crippen molar-refractivity contribution >= 4 is 33.8 Å². The highest BCUT2D eigenvalue weighted by Gasteiger charge is 2.21. The van der Waals surface area contributed by atoms with E-state index in [1.807, 2.05) is 47.5 Å². The number of hydrogen-bond donors (Lipinski definition) is 1. The van der Waals surface area contributed by atoms with Crippen molar-refractivity contribution in [2.24, 2.45) is 0 Å². The lowest BCUT2D eigenvalue weighted by Crippen LogP contribution is -2.44. The second kappa shape index (κ2) is 14.2. The van der Waals surface area contributed by atoms with E-state index in [9.17, 15) is 4.79 Å². The van der Waals surface area contributed by atoms with Crippen molar-refractivity contribution in [1.82, 2.24) is 14.8 Å². The maximum Gasteiger partial charge on any atom is 0.323 e. The predicted molar refractivity (Wildman–Crippen MR) is 156 cm³/mol. The van der Waals surface area contributed by atoms with E-state index in [2.05, 4.69) is 57.9 Å². The van der Waals surface area contributed by atoms with Crippen molar-refractivity contribution in [2.75, 3.05) is 51.3 Å². The average Bonchev–Trinajstić information content (AvgIpc) is 3.63. The largest absolute Gasteiger partial charge is 0.379 e. The number of carbonyl (C=O) groups excluding carboxylic acids is 1. The number of thiazole rings is 1. The van der Waals surface area contributed by atoms with Crippen LogP contribution in [-0.2, 0) is 4.74 Å². The third-order valence-electron chi connectivity index (χ3n) is 6.54. The SMILES string of the molecule is C/C=C\C=C(/C)C(CCN(CCN1CCOCC1)C(=O)Nc1nc(-c2ccccc2)cs1)c1cccs1. The summed E-state index contributed by atoms with van der Waals surface area (Å²) in [6.07, 6.45) is 7.19. The zero-order valence-corrected chi connectivity index (χ0v) is 23.3. The number of thiophene rings is 1. The molecule has 8 heteroatoms. The molecule has 1 fully saturated rings. The quantitative estimate of drug-likeness (QED) is 0.276. The molecule has 1 N–H and O–H groups in total. The minimum absolute atomic E-state index is 0.0952. The van der Waals surface area contributed by atoms with E-state index in [1.165, 1.54) is 21.8 Å². The second-order valence-corrected chi connectivity index (χ2v) is 10.9. The van der Waals surface area contributed by atoms with Crippen LogP contribution in [0.3, 0.4) is 0 Å². The Bertz CT molecular complexity index is 1150. The first-order valence-electron chi connectivity index (χ1n) is 12.8. The monoisotopic (exact) mass is 536 g/mol. The van der Waals surface area contributed by atoms with Gasteiger partial charge in [0.25, 0.3) is 0 Å². The van der Waals surface area contributed by atoms with Gasteiger partial charge in [0.2, 0.25) is 0 Å². The molecule has 3 aromatic rings. The lowest BCUT2D eigenvalue weighted by Gasteiger charge is -2.30. The molecular formula is C29H36N4O2S2. The topological polar surface area (TPSA) is 57.7 Å². The summed E-state index contributed by atoms with van der Waals surface area (Å²) in [7, 11) is 0. The molecular weight excluding hydrogens is 500 g/mol. The molecule has 0 bridgehead atoms. The molecule has 3 heterocycles. The Morgan fingerprint density at radius 1 is 1.16 bits per heavy atom. The van der Waals surface area contributed by atoms with Crippen LogP contribution in [0, 0.1) is 0 Å². The van der Waals surface area contributed by atoms with Gasteiger partial charge < -0.3 is 9.64 Å². The van der Waals surface area contributed by atoms with E-state index in [0.717, 1.165) is 50.5 Å². The highest BCUT2D eigenvalue weighted by atomic mass is 32.1. The molecule has 1 atom stereocenters. The van der Waals surface area contributed by atoms with Gasteiger partial charge >= 0.3 is 6.03 Å². The summed E-state index contributed by atoms with van der Waals surface area (Å²) in [4.78, 5) is 23.8. The van der Waals surface area contributed by atoms with E-state index in [4.69, 9.17) is 4.74 Å². The molecule has 1 aliphatic heterocycles. The molecule has 0 radical (unpaired) electrons. The molecule has 6 nitrogen and oxygen atoms in total. The number of nitrogens with one attached hydrogen (secondary N) is 1. The van der Waals surface area contributed by atoms with Crippen LogP contribution in [0.1, 0.15) is 31.1 Å². The van der Waals surface area contributed by atoms with Gasteiger partial charge in [-0.2, -0.15) is 0 Å². The summed E-state index contributed by atoms with van der Waals surface area (Å²) in [5, 5.41) is 7.81. The zero-order chi connectivity index (χ0) is 25.9. The highest BCUT2D eigenvalue weighted by molar-refractivity contribution is 7.14. The number of anilines is 1. The van der Waals surface area contributed by atoms with Crippen LogP contribution in [-0.4, -0.2) is 66.8 Å². The summed E-state index contributed by atoms with van der Waals surface area (Å²) in [6, 6.07) is 14.2. The van der Waals surface area contributed by atoms with Gasteiger partial charge in [-0.1, -0.05) is 60.2 Å². The Morgan fingerprint density at radius 2 is 1.97 bits per heavy atom. The Morgan fingerprint density at radius 3 is 2.70 bits per heavy atom. The predicted octanol–water partition coefficient (Wildman–Crippen LogP) is 6.73. The number of benzene rings is 1. The summed E-state index contributed by atoms with van der Waals surface area (Å²) >= 11 is 3.24. The number of aromatic nitrogens is 1. The first-order valence-corrected chi connectivity index (χ1v) is 14.6. The smallest absolute Gasteiger partial charge is 0.323 e. The third kappa shape index (κ3) is 8.10. The fourth-order valence-electron chi connectivity index (χ4n) is 4.38. The van der Waals surface area contributed by atoms with Gasteiger partial charge in [0, 0.05) is 54.5 Å². The maximum atomic E-state index is 13.5. The van der Waals surface area contributed by atoms with Gasteiger partial charge in [-0.05, 0) is 31.7 Å². The Labute approximate surface area is 228 Å². The van der Waals surface area contributed by atoms with Gasteiger partial charge in [-0.25, -0.2) is 9.78 Å². The van der Waals surface area contributed by atoms with Crippen molar-refractivity contribution in [2.45, 2.75) is 26.2 Å². The normalized spacial score (nSPS) is 15.7. The van der Waals surface area contributed by atoms with Gasteiger partial charge in [0.15, 0.2) is 5.13 Å². The number of urea groups is 1. The molecule has 1 unspecified atom stereocenters. The summed E-state index contributed by atoms with van der Waals surface area (Å²) < 4.78 is 5.50. The van der Waals surface area contributed by atoms with Gasteiger partial charge in [0.05, 0.1) is 18.9 Å². The highest BCUT2D eigenvalue weighted by Crippen LogP contribution is 2.32. The van der Waals surface area contributed by atoms with E-state index < -0.39 is 0 Å². The number of ether oxygens (including phenoxy) is 1. The third-order valence-corrected chi connectivity index (χ3v) is 8.28. The van der Waals surface area contributed by atoms with E-state index in [-0.39, 0.29) is 11.9 Å². The molecule has 2 aromatic heterocycles. The fraction of sp³-hybridized carbons (Fsp3) is 0.379. The average molecular weight is 537 g/mol. The molecule has 4 rings (SSSR count). The van der Waals surface area contributed by atoms with Crippen LogP contribution in [0.5, 0.6) is 0 Å². The fourth-order valence-corrected chi connectivity index (χ4v) is 6.03. The van der Waals surface area contributed by atoms with Crippen molar-refractivity contribution in [3.8, 4) is 11.3 Å². The molecule has 0 aliphatic carbocycles. The Kier molecular flexibility index (Phi) is 10.5. The number of carbonyl (C=O) groups is 1. The molecule has 1 saturated heterocycles. The van der Waals surface area contributed by atoms with Gasteiger partial charge in [-0.15, -0.1) is 22.7 Å². The number of hydrogen-bond acceptors (Lipinski definition) is 6. The lowest BCUT2D eigenvalue weighted by atomic mass is 9.94. The number of amides is 2. The maximum absolute atomic E-state index is 13.5. The summed E-state index contributed by atoms with van der Waals surface area (Å²) in [6.45, 7) is 9.70. The van der Waals surface area contributed by atoms with Crippen LogP contribution >= 0.6 is 22.7 Å². The molecule has 196 valence electrons. The first-order chi connectivity index (χ1) is 18.1. The Balaban J connectivity index is 1.46. The summed E-state index contributed by atoms with van der Waals surface area (Å²) in [5.41, 5.74) is 3.23. The van der Waals surface area contributed by atoms with E-state index >= 15 is 0 Å². The number of allylic oxidation sites excluding steroid dienone is 4. The van der Waals surface area contributed by atoms with Crippen LogP contribution in [0.25, 0.3) is 11.3 Å². The second-order valence-electron chi connectivity index (χ2n) is 9.07. The lowest BCUT2D eigenvalue weighted by molar-refractivity contribution is 0.0351. The van der Waals surface area contributed by atoms with Crippen LogP contribution in [0.2, 0.25) is 0 Å². The first kappa shape index (κ1) is 27.3. The van der Waals surface area contributed by atoms with Crippen LogP contribution in [0.15, 0.2) is 77.0 Å². The van der Waals surface area contributed by atoms with E-state index in [0.29, 0.717) is 18.2 Å². The summed E-state index contributed by atoms with van der Waals surface area (Å²) in [5.74, 6) is 0.277. The number of rotatable bonds is 11. The minimum atomic E-state index is -0.0952. The van der Waals surface area contributed by atoms with Crippen molar-refractivity contribution < 1.29 is 9.53 Å². The molecule has 37 heavy (non-hydrogen) atoms. The molecule has 1 aliphatic rings. The number of nitrogens with zero attached hydrogens (tertiary/aromatic N) is 3. The van der Waals surface area contributed by atoms with Gasteiger partial charge in [0.1, 0.15) is 0 Å². The van der Waals surface area contributed by atoms with Crippen molar-refractivity contribution in [3.05, 3.63) is 81.9 Å². The molecule has 2 amide bonds. The Hall–Kier alpha value is -2.78. The van der Waals surface area contributed by atoms with Crippen LogP contribution in [0.4, 0.5) is 9.93 Å². The van der Waals surface area contributed by atoms with E-state index in [1.54, 1.807) is 11.3 Å². The number of morpholine rings is 1. The molecule has 1 aromatic carbocycles. The standard InChI is InChI=1S/C29H36N4O2S2/c1-3-4-9-23(2)25(27-12-8-21-36-27)13-14-33(16-15-32-17-19-35-20-18-32)29(34)31-28-30-26(22-37-28)24-10-6-5-7-11-24/h3-12,21-22,25H,13-20H2,1-2H3,(H,30,31,34)/b4-3-,23-9+. The van der Waals surface area contributed by atoms with Crippen LogP contribution < -0.4 is 5.32 Å². The van der Waals surface area contributed by atoms with Crippen molar-refractivity contribution in [1.29, 1.82) is 0 Å². The minimum Gasteiger partial charge on any atom is -0.379 e. The van der Waals surface area contributed by atoms with Crippen molar-refractivity contribution in [3.63, 3.8) is 0 Å². The van der Waals surface area contributed by atoms with Gasteiger partial charge in [-0.3, -0.25) is 10.2 Å². The molecule has 0 saturated carbocycles. The zero-order valence-electron chi connectivity index (χ0n) is 21.6.